The molecule has 2 fully saturated rings. The Balaban J connectivity index is 1.67. The van der Waals surface area contributed by atoms with Crippen LogP contribution in [0, 0.1) is 5.92 Å². The lowest BCUT2D eigenvalue weighted by Crippen LogP contribution is -2.13. The van der Waals surface area contributed by atoms with Gasteiger partial charge in [0.2, 0.25) is 0 Å². The molecule has 1 N–H and O–H groups in total. The number of halogens is 1. The quantitative estimate of drug-likeness (QED) is 0.920. The molecule has 2 saturated carbocycles. The largest absolute Gasteiger partial charge is 0.388 e. The summed E-state index contributed by atoms with van der Waals surface area (Å²) in [5.74, 6) is 0.566. The van der Waals surface area contributed by atoms with Crippen LogP contribution in [0.5, 0.6) is 0 Å². The van der Waals surface area contributed by atoms with Crippen molar-refractivity contribution in [2.75, 3.05) is 0 Å². The predicted octanol–water partition coefficient (Wildman–Crippen LogP) is 4.16. The first kappa shape index (κ1) is 14.2. The van der Waals surface area contributed by atoms with Crippen LogP contribution in [0.3, 0.4) is 0 Å². The molecule has 0 bridgehead atoms. The third kappa shape index (κ3) is 2.54. The topological polar surface area (TPSA) is 37.5 Å². The molecule has 2 aromatic rings. The number of hydrogen-bond acceptors (Lipinski definition) is 2. The molecule has 118 valence electrons. The molecule has 0 saturated heterocycles. The van der Waals surface area contributed by atoms with E-state index in [0.717, 1.165) is 23.1 Å². The molecule has 3 nitrogen and oxygen atoms in total. The summed E-state index contributed by atoms with van der Waals surface area (Å²) >= 11 is 0. The van der Waals surface area contributed by atoms with Crippen molar-refractivity contribution < 1.29 is 9.50 Å². The Morgan fingerprint density at radius 2 is 2.09 bits per heavy atom. The minimum Gasteiger partial charge on any atom is -0.388 e. The maximum Gasteiger partial charge on any atom is 0.108 e. The summed E-state index contributed by atoms with van der Waals surface area (Å²) in [7, 11) is 0. The second-order valence-corrected chi connectivity index (χ2v) is 6.98. The van der Waals surface area contributed by atoms with Gasteiger partial charge < -0.3 is 9.51 Å². The van der Waals surface area contributed by atoms with Crippen molar-refractivity contribution in [3.05, 3.63) is 35.9 Å². The molecule has 0 aromatic carbocycles. The van der Waals surface area contributed by atoms with E-state index in [-0.39, 0.29) is 5.92 Å². The van der Waals surface area contributed by atoms with Crippen LogP contribution in [-0.2, 0) is 0 Å². The van der Waals surface area contributed by atoms with E-state index in [9.17, 15) is 9.50 Å². The highest BCUT2D eigenvalue weighted by Crippen LogP contribution is 2.47. The standard InChI is InChI=1S/C18H23FN2O/c19-15-9-14(15)13-6-7-21-11-20-10-16(21)18(13)17(22)8-12-4-2-1-3-5-12/h6-7,10-12,14-15,17,22H,1-5,8-9H2/t14-,15-,17?/m1/s1. The number of aromatic nitrogens is 2. The van der Waals surface area contributed by atoms with Crippen molar-refractivity contribution >= 4 is 5.52 Å². The van der Waals surface area contributed by atoms with E-state index in [1.807, 2.05) is 16.7 Å². The zero-order valence-electron chi connectivity index (χ0n) is 12.8. The Morgan fingerprint density at radius 1 is 1.32 bits per heavy atom. The summed E-state index contributed by atoms with van der Waals surface area (Å²) in [4.78, 5) is 4.19. The van der Waals surface area contributed by atoms with Crippen molar-refractivity contribution in [3.63, 3.8) is 0 Å². The molecule has 0 spiro atoms. The number of fused-ring (bicyclic) bond motifs is 1. The van der Waals surface area contributed by atoms with Crippen LogP contribution in [0.1, 0.15) is 68.1 Å². The zero-order chi connectivity index (χ0) is 15.1. The monoisotopic (exact) mass is 302 g/mol. The van der Waals surface area contributed by atoms with Gasteiger partial charge in [-0.3, -0.25) is 0 Å². The van der Waals surface area contributed by atoms with Crippen LogP contribution in [0.15, 0.2) is 24.8 Å². The van der Waals surface area contributed by atoms with E-state index in [1.54, 1.807) is 12.5 Å². The highest BCUT2D eigenvalue weighted by Gasteiger charge is 2.41. The number of aliphatic hydroxyl groups is 1. The van der Waals surface area contributed by atoms with Gasteiger partial charge in [0.15, 0.2) is 0 Å². The highest BCUT2D eigenvalue weighted by atomic mass is 19.1. The van der Waals surface area contributed by atoms with Crippen molar-refractivity contribution in [2.24, 2.45) is 5.92 Å². The fourth-order valence-corrected chi connectivity index (χ4v) is 4.06. The van der Waals surface area contributed by atoms with Gasteiger partial charge in [0.05, 0.1) is 24.1 Å². The number of nitrogens with zero attached hydrogens (tertiary/aromatic N) is 2. The molecule has 2 aliphatic rings. The fourth-order valence-electron chi connectivity index (χ4n) is 4.06. The Bertz CT molecular complexity index is 662. The normalized spacial score (nSPS) is 27.2. The lowest BCUT2D eigenvalue weighted by Gasteiger charge is -2.25. The number of rotatable bonds is 4. The average molecular weight is 302 g/mol. The molecular weight excluding hydrogens is 279 g/mol. The molecule has 2 aromatic heterocycles. The first-order valence-electron chi connectivity index (χ1n) is 8.50. The lowest BCUT2D eigenvalue weighted by molar-refractivity contribution is 0.131. The van der Waals surface area contributed by atoms with Crippen molar-refractivity contribution in [1.29, 1.82) is 0 Å². The summed E-state index contributed by atoms with van der Waals surface area (Å²) in [5, 5.41) is 10.9. The van der Waals surface area contributed by atoms with Crippen LogP contribution in [0.4, 0.5) is 4.39 Å². The number of aliphatic hydroxyl groups excluding tert-OH is 1. The van der Waals surface area contributed by atoms with Gasteiger partial charge in [-0.15, -0.1) is 0 Å². The first-order chi connectivity index (χ1) is 10.7. The molecule has 4 heteroatoms. The summed E-state index contributed by atoms with van der Waals surface area (Å²) in [6.45, 7) is 0. The molecule has 2 heterocycles. The molecule has 0 aliphatic heterocycles. The van der Waals surface area contributed by atoms with Crippen LogP contribution in [0.2, 0.25) is 0 Å². The van der Waals surface area contributed by atoms with Crippen molar-refractivity contribution in [1.82, 2.24) is 9.38 Å². The minimum atomic E-state index is -0.744. The van der Waals surface area contributed by atoms with E-state index >= 15 is 0 Å². The molecule has 2 aliphatic carbocycles. The summed E-state index contributed by atoms with van der Waals surface area (Å²) < 4.78 is 15.5. The first-order valence-corrected chi connectivity index (χ1v) is 8.50. The molecule has 4 rings (SSSR count). The van der Waals surface area contributed by atoms with Gasteiger partial charge >= 0.3 is 0 Å². The van der Waals surface area contributed by atoms with Crippen LogP contribution >= 0.6 is 0 Å². The van der Waals surface area contributed by atoms with Crippen LogP contribution in [0.25, 0.3) is 5.52 Å². The molecule has 3 atom stereocenters. The van der Waals surface area contributed by atoms with Crippen LogP contribution in [-0.4, -0.2) is 20.7 Å². The second-order valence-electron chi connectivity index (χ2n) is 6.98. The zero-order valence-corrected chi connectivity index (χ0v) is 12.8. The van der Waals surface area contributed by atoms with E-state index in [0.29, 0.717) is 12.3 Å². The van der Waals surface area contributed by atoms with Crippen molar-refractivity contribution in [3.8, 4) is 0 Å². The van der Waals surface area contributed by atoms with Crippen LogP contribution < -0.4 is 0 Å². The van der Waals surface area contributed by atoms with E-state index < -0.39 is 12.3 Å². The number of imidazole rings is 1. The van der Waals surface area contributed by atoms with Crippen molar-refractivity contribution in [2.45, 2.75) is 63.1 Å². The van der Waals surface area contributed by atoms with Gasteiger partial charge in [0, 0.05) is 17.7 Å². The maximum absolute atomic E-state index is 13.6. The number of alkyl halides is 1. The SMILES string of the molecule is OC(CC1CCCCC1)c1c([C@H]2C[C@H]2F)ccn2cncc12. The van der Waals surface area contributed by atoms with E-state index in [4.69, 9.17) is 0 Å². The molecule has 0 amide bonds. The van der Waals surface area contributed by atoms with Gasteiger partial charge in [0.25, 0.3) is 0 Å². The predicted molar refractivity (Wildman–Crippen MR) is 83.6 cm³/mol. The summed E-state index contributed by atoms with van der Waals surface area (Å²) in [6.07, 6.45) is 11.9. The van der Waals surface area contributed by atoms with E-state index in [2.05, 4.69) is 4.98 Å². The number of hydrogen-bond donors (Lipinski definition) is 1. The summed E-state index contributed by atoms with van der Waals surface area (Å²) in [5.41, 5.74) is 2.83. The minimum absolute atomic E-state index is 0.0316. The molecule has 0 radical (unpaired) electrons. The third-order valence-corrected chi connectivity index (χ3v) is 5.39. The third-order valence-electron chi connectivity index (χ3n) is 5.39. The molecule has 1 unspecified atom stereocenters. The molecule has 22 heavy (non-hydrogen) atoms. The highest BCUT2D eigenvalue weighted by molar-refractivity contribution is 5.59. The van der Waals surface area contributed by atoms with Gasteiger partial charge in [0.1, 0.15) is 6.17 Å². The van der Waals surface area contributed by atoms with E-state index in [1.165, 1.54) is 32.1 Å². The Hall–Kier alpha value is -1.42. The Labute approximate surface area is 130 Å². The van der Waals surface area contributed by atoms with Gasteiger partial charge in [-0.1, -0.05) is 32.1 Å². The van der Waals surface area contributed by atoms with Gasteiger partial charge in [-0.2, -0.15) is 0 Å². The lowest BCUT2D eigenvalue weighted by atomic mass is 9.83. The second kappa shape index (κ2) is 5.65. The smallest absolute Gasteiger partial charge is 0.108 e. The Kier molecular flexibility index (Phi) is 3.65. The fraction of sp³-hybridized carbons (Fsp3) is 0.611. The maximum atomic E-state index is 13.6. The Morgan fingerprint density at radius 3 is 2.82 bits per heavy atom. The summed E-state index contributed by atoms with van der Waals surface area (Å²) in [6, 6.07) is 1.97. The van der Waals surface area contributed by atoms with Gasteiger partial charge in [-0.25, -0.2) is 9.37 Å². The van der Waals surface area contributed by atoms with Gasteiger partial charge in [-0.05, 0) is 30.4 Å². The number of pyridine rings is 1. The average Bonchev–Trinajstić information content (AvgIpc) is 3.07. The molecular formula is C18H23FN2O.